The average Bonchev–Trinajstić information content (AvgIpc) is 2.48. The number of rotatable bonds is 5. The molecule has 1 saturated carbocycles. The highest BCUT2D eigenvalue weighted by Crippen LogP contribution is 2.29. The van der Waals surface area contributed by atoms with Gasteiger partial charge < -0.3 is 15.2 Å². The fraction of sp³-hybridized carbons (Fsp3) is 0.571. The molecular weight excluding hydrogens is 292 g/mol. The molecule has 1 aromatic carbocycles. The summed E-state index contributed by atoms with van der Waals surface area (Å²) in [5.41, 5.74) is 5.99. The molecule has 3 N–H and O–H groups in total. The first kappa shape index (κ1) is 16.1. The van der Waals surface area contributed by atoms with Crippen molar-refractivity contribution in [1.82, 2.24) is 4.72 Å². The molecule has 0 unspecified atom stereocenters. The van der Waals surface area contributed by atoms with Crippen LogP contribution in [0.4, 0.5) is 0 Å². The number of benzene rings is 1. The highest BCUT2D eigenvalue weighted by molar-refractivity contribution is 7.89. The molecule has 0 aliphatic heterocycles. The maximum Gasteiger partial charge on any atom is 0.241 e. The summed E-state index contributed by atoms with van der Waals surface area (Å²) < 4.78 is 37.9. The van der Waals surface area contributed by atoms with E-state index in [4.69, 9.17) is 15.2 Å². The summed E-state index contributed by atoms with van der Waals surface area (Å²) in [7, 11) is -0.640. The van der Waals surface area contributed by atoms with Crippen molar-refractivity contribution in [1.29, 1.82) is 0 Å². The molecule has 2 rings (SSSR count). The van der Waals surface area contributed by atoms with E-state index in [1.165, 1.54) is 26.4 Å². The lowest BCUT2D eigenvalue weighted by molar-refractivity contribution is 0.353. The first-order valence-corrected chi connectivity index (χ1v) is 8.46. The third-order valence-electron chi connectivity index (χ3n) is 3.79. The van der Waals surface area contributed by atoms with Crippen LogP contribution >= 0.6 is 0 Å². The van der Waals surface area contributed by atoms with Crippen LogP contribution in [0, 0.1) is 0 Å². The van der Waals surface area contributed by atoms with Crippen molar-refractivity contribution < 1.29 is 17.9 Å². The fourth-order valence-corrected chi connectivity index (χ4v) is 3.89. The Morgan fingerprint density at radius 3 is 2.43 bits per heavy atom. The van der Waals surface area contributed by atoms with E-state index in [0.29, 0.717) is 11.5 Å². The highest BCUT2D eigenvalue weighted by atomic mass is 32.2. The summed E-state index contributed by atoms with van der Waals surface area (Å²) in [5.74, 6) is 0.874. The molecule has 2 atom stereocenters. The number of sulfonamides is 1. The minimum atomic E-state index is -3.62. The first-order chi connectivity index (χ1) is 9.97. The Bertz CT molecular complexity index is 589. The molecule has 0 amide bonds. The van der Waals surface area contributed by atoms with Crippen LogP contribution < -0.4 is 19.9 Å². The topological polar surface area (TPSA) is 90.7 Å². The summed E-state index contributed by atoms with van der Waals surface area (Å²) in [5, 5.41) is 0. The maximum absolute atomic E-state index is 12.5. The molecule has 7 heteroatoms. The Balaban J connectivity index is 2.22. The van der Waals surface area contributed by atoms with Crippen LogP contribution in [0.2, 0.25) is 0 Å². The minimum Gasteiger partial charge on any atom is -0.493 e. The Morgan fingerprint density at radius 2 is 1.81 bits per heavy atom. The van der Waals surface area contributed by atoms with Crippen molar-refractivity contribution in [2.24, 2.45) is 5.73 Å². The lowest BCUT2D eigenvalue weighted by atomic mass is 9.92. The molecule has 0 aromatic heterocycles. The lowest BCUT2D eigenvalue weighted by Gasteiger charge is -2.29. The molecule has 1 aliphatic rings. The second-order valence-corrected chi connectivity index (χ2v) is 6.91. The molecule has 0 saturated heterocycles. The Morgan fingerprint density at radius 1 is 1.14 bits per heavy atom. The summed E-state index contributed by atoms with van der Waals surface area (Å²) >= 11 is 0. The van der Waals surface area contributed by atoms with Crippen molar-refractivity contribution in [2.45, 2.75) is 42.7 Å². The van der Waals surface area contributed by atoms with Crippen LogP contribution in [-0.4, -0.2) is 34.7 Å². The molecule has 21 heavy (non-hydrogen) atoms. The van der Waals surface area contributed by atoms with Gasteiger partial charge in [0.1, 0.15) is 0 Å². The lowest BCUT2D eigenvalue weighted by Crippen LogP contribution is -2.49. The summed E-state index contributed by atoms with van der Waals surface area (Å²) in [6.45, 7) is 0. The summed E-state index contributed by atoms with van der Waals surface area (Å²) in [4.78, 5) is 0.151. The second-order valence-electron chi connectivity index (χ2n) is 5.19. The van der Waals surface area contributed by atoms with Crippen molar-refractivity contribution in [3.63, 3.8) is 0 Å². The van der Waals surface area contributed by atoms with Gasteiger partial charge in [-0.25, -0.2) is 13.1 Å². The smallest absolute Gasteiger partial charge is 0.241 e. The predicted octanol–water partition coefficient (Wildman–Crippen LogP) is 1.25. The summed E-state index contributed by atoms with van der Waals surface area (Å²) in [6, 6.07) is 4.19. The van der Waals surface area contributed by atoms with Crippen molar-refractivity contribution in [2.75, 3.05) is 14.2 Å². The molecule has 0 heterocycles. The van der Waals surface area contributed by atoms with Gasteiger partial charge in [-0.15, -0.1) is 0 Å². The molecule has 1 fully saturated rings. The zero-order valence-electron chi connectivity index (χ0n) is 12.3. The number of methoxy groups -OCH3 is 2. The molecule has 0 radical (unpaired) electrons. The normalized spacial score (nSPS) is 22.8. The van der Waals surface area contributed by atoms with Crippen molar-refractivity contribution in [3.05, 3.63) is 18.2 Å². The SMILES string of the molecule is COc1ccc(S(=O)(=O)N[C@H]2CCCC[C@@H]2N)cc1OC. The number of ether oxygens (including phenoxy) is 2. The van der Waals surface area contributed by atoms with Gasteiger partial charge in [0, 0.05) is 18.2 Å². The first-order valence-electron chi connectivity index (χ1n) is 6.98. The van der Waals surface area contributed by atoms with Crippen LogP contribution in [0.1, 0.15) is 25.7 Å². The van der Waals surface area contributed by atoms with Gasteiger partial charge in [-0.05, 0) is 25.0 Å². The van der Waals surface area contributed by atoms with E-state index in [1.54, 1.807) is 6.07 Å². The van der Waals surface area contributed by atoms with E-state index >= 15 is 0 Å². The van der Waals surface area contributed by atoms with Gasteiger partial charge in [0.2, 0.25) is 10.0 Å². The third-order valence-corrected chi connectivity index (χ3v) is 5.28. The predicted molar refractivity (Wildman–Crippen MR) is 80.1 cm³/mol. The van der Waals surface area contributed by atoms with Crippen LogP contribution in [-0.2, 0) is 10.0 Å². The van der Waals surface area contributed by atoms with E-state index in [2.05, 4.69) is 4.72 Å². The number of nitrogens with two attached hydrogens (primary N) is 1. The van der Waals surface area contributed by atoms with Gasteiger partial charge in [0.15, 0.2) is 11.5 Å². The quantitative estimate of drug-likeness (QED) is 0.853. The standard InChI is InChI=1S/C14H22N2O4S/c1-19-13-8-7-10(9-14(13)20-2)21(17,18)16-12-6-4-3-5-11(12)15/h7-9,11-12,16H,3-6,15H2,1-2H3/t11-,12-/m0/s1. The van der Waals surface area contributed by atoms with Crippen molar-refractivity contribution in [3.8, 4) is 11.5 Å². The Labute approximate surface area is 125 Å². The van der Waals surface area contributed by atoms with Crippen molar-refractivity contribution >= 4 is 10.0 Å². The van der Waals surface area contributed by atoms with E-state index < -0.39 is 10.0 Å². The molecule has 6 nitrogen and oxygen atoms in total. The fourth-order valence-electron chi connectivity index (χ4n) is 2.56. The van der Waals surface area contributed by atoms with Gasteiger partial charge in [0.25, 0.3) is 0 Å². The summed E-state index contributed by atoms with van der Waals surface area (Å²) in [6.07, 6.45) is 3.66. The monoisotopic (exact) mass is 314 g/mol. The minimum absolute atomic E-state index is 0.131. The van der Waals surface area contributed by atoms with Crippen LogP contribution in [0.3, 0.4) is 0 Å². The van der Waals surface area contributed by atoms with Crippen LogP contribution in [0.25, 0.3) is 0 Å². The maximum atomic E-state index is 12.5. The number of nitrogens with one attached hydrogen (secondary N) is 1. The van der Waals surface area contributed by atoms with E-state index in [9.17, 15) is 8.42 Å². The Kier molecular flexibility index (Phi) is 5.08. The van der Waals surface area contributed by atoms with E-state index in [1.807, 2.05) is 0 Å². The van der Waals surface area contributed by atoms with Gasteiger partial charge in [-0.2, -0.15) is 0 Å². The molecule has 118 valence electrons. The highest BCUT2D eigenvalue weighted by Gasteiger charge is 2.27. The molecule has 0 spiro atoms. The van der Waals surface area contributed by atoms with Gasteiger partial charge >= 0.3 is 0 Å². The number of hydrogen-bond acceptors (Lipinski definition) is 5. The zero-order chi connectivity index (χ0) is 15.5. The molecule has 0 bridgehead atoms. The van der Waals surface area contributed by atoms with Gasteiger partial charge in [-0.1, -0.05) is 12.8 Å². The Hall–Kier alpha value is -1.31. The van der Waals surface area contributed by atoms with Crippen LogP contribution in [0.5, 0.6) is 11.5 Å². The van der Waals surface area contributed by atoms with E-state index in [0.717, 1.165) is 25.7 Å². The van der Waals surface area contributed by atoms with Gasteiger partial charge in [0.05, 0.1) is 19.1 Å². The second kappa shape index (κ2) is 6.64. The average molecular weight is 314 g/mol. The zero-order valence-corrected chi connectivity index (χ0v) is 13.2. The molecule has 1 aliphatic carbocycles. The number of hydrogen-bond donors (Lipinski definition) is 2. The van der Waals surface area contributed by atoms with Crippen LogP contribution in [0.15, 0.2) is 23.1 Å². The van der Waals surface area contributed by atoms with Gasteiger partial charge in [-0.3, -0.25) is 0 Å². The largest absolute Gasteiger partial charge is 0.493 e. The molecule has 1 aromatic rings. The third kappa shape index (κ3) is 3.66. The van der Waals surface area contributed by atoms with E-state index in [-0.39, 0.29) is 17.0 Å². The molecular formula is C14H22N2O4S.